The van der Waals surface area contributed by atoms with E-state index in [0.717, 1.165) is 19.6 Å². The van der Waals surface area contributed by atoms with Crippen LogP contribution in [0.2, 0.25) is 0 Å². The van der Waals surface area contributed by atoms with Gasteiger partial charge in [-0.2, -0.15) is 0 Å². The molecule has 0 aliphatic heterocycles. The van der Waals surface area contributed by atoms with E-state index in [1.165, 1.54) is 25.7 Å². The Kier molecular flexibility index (Phi) is 7.75. The zero-order valence-corrected chi connectivity index (χ0v) is 12.9. The minimum absolute atomic E-state index is 0.301. The Morgan fingerprint density at radius 2 is 2.00 bits per heavy atom. The summed E-state index contributed by atoms with van der Waals surface area (Å²) in [7, 11) is 0. The lowest BCUT2D eigenvalue weighted by Crippen LogP contribution is -2.32. The molecule has 0 aromatic carbocycles. The van der Waals surface area contributed by atoms with Gasteiger partial charge in [0.2, 0.25) is 5.91 Å². The summed E-state index contributed by atoms with van der Waals surface area (Å²) >= 11 is 1.86. The van der Waals surface area contributed by atoms with E-state index in [4.69, 9.17) is 0 Å². The summed E-state index contributed by atoms with van der Waals surface area (Å²) in [4.78, 5) is 13.8. The van der Waals surface area contributed by atoms with Gasteiger partial charge in [0.05, 0.1) is 5.75 Å². The van der Waals surface area contributed by atoms with E-state index in [-0.39, 0.29) is 0 Å². The molecule has 0 spiro atoms. The fraction of sp³-hybridized carbons (Fsp3) is 0.929. The van der Waals surface area contributed by atoms with Crippen molar-refractivity contribution in [2.75, 3.05) is 25.4 Å². The average Bonchev–Trinajstić information content (AvgIpc) is 2.83. The molecule has 1 amide bonds. The molecule has 1 rings (SSSR count). The first-order chi connectivity index (χ1) is 8.71. The first kappa shape index (κ1) is 15.8. The van der Waals surface area contributed by atoms with E-state index in [2.05, 4.69) is 12.2 Å². The van der Waals surface area contributed by atoms with Crippen molar-refractivity contribution in [2.24, 2.45) is 0 Å². The van der Waals surface area contributed by atoms with Gasteiger partial charge >= 0.3 is 0 Å². The molecule has 0 radical (unpaired) electrons. The van der Waals surface area contributed by atoms with Gasteiger partial charge in [-0.1, -0.05) is 6.92 Å². The number of amides is 1. The van der Waals surface area contributed by atoms with Gasteiger partial charge in [-0.05, 0) is 46.1 Å². The van der Waals surface area contributed by atoms with Crippen LogP contribution in [0.4, 0.5) is 0 Å². The normalized spacial score (nSPS) is 23.3. The van der Waals surface area contributed by atoms with Gasteiger partial charge in [0.25, 0.3) is 0 Å². The highest BCUT2D eigenvalue weighted by Crippen LogP contribution is 2.30. The third-order valence-corrected chi connectivity index (χ3v) is 4.94. The molecule has 1 aliphatic rings. The molecule has 3 nitrogen and oxygen atoms in total. The first-order valence-electron chi connectivity index (χ1n) is 7.33. The van der Waals surface area contributed by atoms with Gasteiger partial charge in [0.1, 0.15) is 0 Å². The molecule has 1 fully saturated rings. The number of hydrogen-bond acceptors (Lipinski definition) is 3. The lowest BCUT2D eigenvalue weighted by atomic mass is 10.2. The molecular formula is C14H28N2OS. The largest absolute Gasteiger partial charge is 0.343 e. The van der Waals surface area contributed by atoms with E-state index in [0.29, 0.717) is 23.0 Å². The summed E-state index contributed by atoms with van der Waals surface area (Å²) in [6.07, 6.45) is 4.97. The van der Waals surface area contributed by atoms with Crippen molar-refractivity contribution in [3.63, 3.8) is 0 Å². The predicted molar refractivity (Wildman–Crippen MR) is 80.1 cm³/mol. The third-order valence-electron chi connectivity index (χ3n) is 3.63. The average molecular weight is 272 g/mol. The molecule has 2 unspecified atom stereocenters. The van der Waals surface area contributed by atoms with Crippen LogP contribution < -0.4 is 5.32 Å². The topological polar surface area (TPSA) is 32.3 Å². The van der Waals surface area contributed by atoms with Crippen LogP contribution in [0.3, 0.4) is 0 Å². The molecule has 1 N–H and O–H groups in total. The summed E-state index contributed by atoms with van der Waals surface area (Å²) in [5.41, 5.74) is 0. The number of hydrogen-bond donors (Lipinski definition) is 1. The lowest BCUT2D eigenvalue weighted by molar-refractivity contribution is -0.127. The van der Waals surface area contributed by atoms with Crippen LogP contribution in [0.15, 0.2) is 0 Å². The molecule has 1 aliphatic carbocycles. The zero-order chi connectivity index (χ0) is 13.4. The fourth-order valence-electron chi connectivity index (χ4n) is 2.48. The highest BCUT2D eigenvalue weighted by molar-refractivity contribution is 8.00. The second-order valence-corrected chi connectivity index (χ2v) is 6.25. The molecule has 0 saturated heterocycles. The molecule has 0 aromatic heterocycles. The molecular weight excluding hydrogens is 244 g/mol. The molecule has 0 aromatic rings. The summed E-state index contributed by atoms with van der Waals surface area (Å²) in [5.74, 6) is 0.960. The standard InChI is InChI=1S/C14H28N2OS/c1-4-9-15-12-7-8-13(10-12)18-11-14(17)16(5-2)6-3/h12-13,15H,4-11H2,1-3H3. The Hall–Kier alpha value is -0.220. The highest BCUT2D eigenvalue weighted by Gasteiger charge is 2.25. The Labute approximate surface area is 116 Å². The van der Waals surface area contributed by atoms with E-state index in [9.17, 15) is 4.79 Å². The number of carbonyl (C=O) groups excluding carboxylic acids is 1. The van der Waals surface area contributed by atoms with Crippen LogP contribution in [0.1, 0.15) is 46.5 Å². The number of rotatable bonds is 8. The summed E-state index contributed by atoms with van der Waals surface area (Å²) in [6.45, 7) is 9.10. The maximum absolute atomic E-state index is 11.9. The maximum Gasteiger partial charge on any atom is 0.232 e. The van der Waals surface area contributed by atoms with E-state index < -0.39 is 0 Å². The minimum atomic E-state index is 0.301. The maximum atomic E-state index is 11.9. The van der Waals surface area contributed by atoms with Crippen molar-refractivity contribution in [1.29, 1.82) is 0 Å². The van der Waals surface area contributed by atoms with Gasteiger partial charge < -0.3 is 10.2 Å². The predicted octanol–water partition coefficient (Wildman–Crippen LogP) is 2.51. The van der Waals surface area contributed by atoms with Crippen molar-refractivity contribution >= 4 is 17.7 Å². The lowest BCUT2D eigenvalue weighted by Gasteiger charge is -2.19. The Balaban J connectivity index is 2.19. The van der Waals surface area contributed by atoms with E-state index in [1.807, 2.05) is 30.5 Å². The fourth-order valence-corrected chi connectivity index (χ4v) is 3.71. The van der Waals surface area contributed by atoms with Crippen molar-refractivity contribution in [2.45, 2.75) is 57.7 Å². The second-order valence-electron chi connectivity index (χ2n) is 4.96. The number of thioether (sulfide) groups is 1. The molecule has 0 bridgehead atoms. The Morgan fingerprint density at radius 3 is 2.61 bits per heavy atom. The molecule has 1 saturated carbocycles. The van der Waals surface area contributed by atoms with Crippen LogP contribution >= 0.6 is 11.8 Å². The third kappa shape index (κ3) is 5.19. The summed E-state index contributed by atoms with van der Waals surface area (Å²) < 4.78 is 0. The van der Waals surface area contributed by atoms with E-state index >= 15 is 0 Å². The van der Waals surface area contributed by atoms with Gasteiger partial charge in [-0.25, -0.2) is 0 Å². The quantitative estimate of drug-likeness (QED) is 0.737. The smallest absolute Gasteiger partial charge is 0.232 e. The summed E-state index contributed by atoms with van der Waals surface area (Å²) in [5, 5.41) is 4.26. The van der Waals surface area contributed by atoms with Gasteiger partial charge in [-0.15, -0.1) is 11.8 Å². The van der Waals surface area contributed by atoms with E-state index in [1.54, 1.807) is 0 Å². The number of carbonyl (C=O) groups is 1. The first-order valence-corrected chi connectivity index (χ1v) is 8.38. The van der Waals surface area contributed by atoms with Crippen LogP contribution in [-0.4, -0.2) is 47.5 Å². The molecule has 2 atom stereocenters. The van der Waals surface area contributed by atoms with Crippen LogP contribution in [0, 0.1) is 0 Å². The number of nitrogens with one attached hydrogen (secondary N) is 1. The highest BCUT2D eigenvalue weighted by atomic mass is 32.2. The Bertz CT molecular complexity index is 244. The number of nitrogens with zero attached hydrogens (tertiary/aromatic N) is 1. The molecule has 4 heteroatoms. The second kappa shape index (κ2) is 8.81. The SMILES string of the molecule is CCCNC1CCC(SCC(=O)N(CC)CC)C1. The zero-order valence-electron chi connectivity index (χ0n) is 12.1. The van der Waals surface area contributed by atoms with Crippen LogP contribution in [0.25, 0.3) is 0 Å². The summed E-state index contributed by atoms with van der Waals surface area (Å²) in [6, 6.07) is 0.686. The van der Waals surface area contributed by atoms with Gasteiger partial charge in [0, 0.05) is 24.4 Å². The molecule has 18 heavy (non-hydrogen) atoms. The monoisotopic (exact) mass is 272 g/mol. The van der Waals surface area contributed by atoms with Gasteiger partial charge in [0.15, 0.2) is 0 Å². The Morgan fingerprint density at radius 1 is 1.28 bits per heavy atom. The van der Waals surface area contributed by atoms with Crippen LogP contribution in [-0.2, 0) is 4.79 Å². The molecule has 0 heterocycles. The van der Waals surface area contributed by atoms with Crippen molar-refractivity contribution in [3.8, 4) is 0 Å². The van der Waals surface area contributed by atoms with Crippen molar-refractivity contribution in [1.82, 2.24) is 10.2 Å². The van der Waals surface area contributed by atoms with Gasteiger partial charge in [-0.3, -0.25) is 4.79 Å². The van der Waals surface area contributed by atoms with Crippen LogP contribution in [0.5, 0.6) is 0 Å². The molecule has 106 valence electrons. The minimum Gasteiger partial charge on any atom is -0.343 e. The van der Waals surface area contributed by atoms with Crippen molar-refractivity contribution in [3.05, 3.63) is 0 Å². The van der Waals surface area contributed by atoms with Crippen molar-refractivity contribution < 1.29 is 4.79 Å².